The van der Waals surface area contributed by atoms with E-state index in [0.717, 1.165) is 5.04 Å². The zero-order chi connectivity index (χ0) is 16.2. The number of hydrogen-bond donors (Lipinski definition) is 0. The first kappa shape index (κ1) is 16.9. The first-order valence-corrected chi connectivity index (χ1v) is 9.34. The van der Waals surface area contributed by atoms with Crippen LogP contribution in [0, 0.1) is 0 Å². The summed E-state index contributed by atoms with van der Waals surface area (Å²) in [7, 11) is -3.49. The van der Waals surface area contributed by atoms with Crippen LogP contribution in [0.15, 0.2) is 45.6 Å². The van der Waals surface area contributed by atoms with Crippen LogP contribution in [0.1, 0.15) is 30.6 Å². The number of sulfonamides is 1. The molecule has 1 aromatic rings. The van der Waals surface area contributed by atoms with Gasteiger partial charge >= 0.3 is 0 Å². The number of thioether (sulfide) groups is 1. The summed E-state index contributed by atoms with van der Waals surface area (Å²) >= 11 is 1.43. The zero-order valence-corrected chi connectivity index (χ0v) is 14.2. The van der Waals surface area contributed by atoms with E-state index in [1.165, 1.54) is 40.3 Å². The molecular weight excluding hydrogens is 320 g/mol. The van der Waals surface area contributed by atoms with E-state index in [9.17, 15) is 13.2 Å². The van der Waals surface area contributed by atoms with Crippen molar-refractivity contribution in [2.24, 2.45) is 4.99 Å². The third kappa shape index (κ3) is 3.66. The van der Waals surface area contributed by atoms with E-state index in [1.807, 2.05) is 11.5 Å². The number of carbonyl (C=O) groups is 1. The van der Waals surface area contributed by atoms with Gasteiger partial charge in [-0.05, 0) is 29.7 Å². The Hall–Kier alpha value is -1.44. The quantitative estimate of drug-likeness (QED) is 0.828. The Morgan fingerprint density at radius 2 is 1.86 bits per heavy atom. The van der Waals surface area contributed by atoms with Gasteiger partial charge in [0.25, 0.3) is 5.91 Å². The molecule has 0 atom stereocenters. The van der Waals surface area contributed by atoms with Crippen LogP contribution in [0.25, 0.3) is 0 Å². The van der Waals surface area contributed by atoms with Crippen molar-refractivity contribution >= 4 is 32.7 Å². The molecule has 0 unspecified atom stereocenters. The molecule has 0 saturated carbocycles. The third-order valence-corrected chi connectivity index (χ3v) is 6.19. The predicted molar refractivity (Wildman–Crippen MR) is 89.7 cm³/mol. The molecule has 118 valence electrons. The summed E-state index contributed by atoms with van der Waals surface area (Å²) in [5, 5.41) is 2.65. The van der Waals surface area contributed by atoms with Crippen LogP contribution in [0.2, 0.25) is 0 Å². The predicted octanol–water partition coefficient (Wildman–Crippen LogP) is 2.91. The normalized spacial score (nSPS) is 16.6. The fourth-order valence-electron chi connectivity index (χ4n) is 2.06. The number of nitrogens with zero attached hydrogens (tertiary/aromatic N) is 2. The van der Waals surface area contributed by atoms with Crippen molar-refractivity contribution in [3.63, 3.8) is 0 Å². The standard InChI is InChI=1S/C15H18N2O3S2/c1-3-17(4-2)22(19,20)13-9-7-12(8-10-13)15(18)16-14-6-5-11-21-14/h5,7-11H,3-4,6H2,1-2H3. The van der Waals surface area contributed by atoms with Crippen molar-refractivity contribution in [1.29, 1.82) is 0 Å². The Balaban J connectivity index is 2.20. The highest BCUT2D eigenvalue weighted by Crippen LogP contribution is 2.20. The first-order valence-electron chi connectivity index (χ1n) is 7.02. The maximum absolute atomic E-state index is 12.4. The van der Waals surface area contributed by atoms with Gasteiger partial charge in [-0.2, -0.15) is 4.31 Å². The van der Waals surface area contributed by atoms with Gasteiger partial charge in [0.05, 0.1) is 9.94 Å². The fraction of sp³-hybridized carbons (Fsp3) is 0.333. The second-order valence-electron chi connectivity index (χ2n) is 4.62. The molecule has 5 nitrogen and oxygen atoms in total. The molecule has 0 N–H and O–H groups in total. The van der Waals surface area contributed by atoms with Gasteiger partial charge in [0.2, 0.25) is 10.0 Å². The second kappa shape index (κ2) is 7.21. The molecular formula is C15H18N2O3S2. The van der Waals surface area contributed by atoms with E-state index in [2.05, 4.69) is 4.99 Å². The van der Waals surface area contributed by atoms with Crippen molar-refractivity contribution in [2.75, 3.05) is 13.1 Å². The van der Waals surface area contributed by atoms with Crippen molar-refractivity contribution in [3.05, 3.63) is 41.3 Å². The minimum atomic E-state index is -3.49. The van der Waals surface area contributed by atoms with Gasteiger partial charge in [0.15, 0.2) is 0 Å². The van der Waals surface area contributed by atoms with Crippen LogP contribution >= 0.6 is 11.8 Å². The minimum absolute atomic E-state index is 0.192. The molecule has 0 bridgehead atoms. The molecule has 1 aliphatic heterocycles. The minimum Gasteiger partial charge on any atom is -0.267 e. The average Bonchev–Trinajstić information content (AvgIpc) is 3.01. The summed E-state index contributed by atoms with van der Waals surface area (Å²) in [4.78, 5) is 16.2. The van der Waals surface area contributed by atoms with Gasteiger partial charge in [-0.3, -0.25) is 4.79 Å². The summed E-state index contributed by atoms with van der Waals surface area (Å²) in [5.41, 5.74) is 0.387. The number of benzene rings is 1. The number of allylic oxidation sites excluding steroid dienone is 1. The van der Waals surface area contributed by atoms with E-state index in [0.29, 0.717) is 25.1 Å². The van der Waals surface area contributed by atoms with E-state index in [4.69, 9.17) is 0 Å². The SMILES string of the molecule is CCN(CC)S(=O)(=O)c1ccc(C(=O)N=C2CC=CS2)cc1. The van der Waals surface area contributed by atoms with Crippen LogP contribution in [-0.2, 0) is 10.0 Å². The lowest BCUT2D eigenvalue weighted by molar-refractivity contribution is 0.100. The lowest BCUT2D eigenvalue weighted by Crippen LogP contribution is -2.30. The van der Waals surface area contributed by atoms with E-state index < -0.39 is 10.0 Å². The molecule has 1 heterocycles. The molecule has 0 saturated heterocycles. The van der Waals surface area contributed by atoms with Gasteiger partial charge in [-0.15, -0.1) is 0 Å². The van der Waals surface area contributed by atoms with Crippen molar-refractivity contribution in [1.82, 2.24) is 4.31 Å². The molecule has 1 aliphatic rings. The maximum atomic E-state index is 12.4. The molecule has 1 aromatic carbocycles. The average molecular weight is 338 g/mol. The summed E-state index contributed by atoms with van der Waals surface area (Å²) in [6.07, 6.45) is 2.61. The number of rotatable bonds is 5. The highest BCUT2D eigenvalue weighted by atomic mass is 32.2. The summed E-state index contributed by atoms with van der Waals surface area (Å²) in [5.74, 6) is -0.349. The largest absolute Gasteiger partial charge is 0.277 e. The van der Waals surface area contributed by atoms with Crippen molar-refractivity contribution in [2.45, 2.75) is 25.2 Å². The van der Waals surface area contributed by atoms with E-state index in [1.54, 1.807) is 13.8 Å². The van der Waals surface area contributed by atoms with Crippen molar-refractivity contribution < 1.29 is 13.2 Å². The van der Waals surface area contributed by atoms with Crippen molar-refractivity contribution in [3.8, 4) is 0 Å². The van der Waals surface area contributed by atoms with Crippen LogP contribution in [0.3, 0.4) is 0 Å². The fourth-order valence-corrected chi connectivity index (χ4v) is 4.19. The number of aliphatic imine (C=N–C) groups is 1. The maximum Gasteiger partial charge on any atom is 0.277 e. The lowest BCUT2D eigenvalue weighted by Gasteiger charge is -2.18. The van der Waals surface area contributed by atoms with Crippen LogP contribution in [-0.4, -0.2) is 36.8 Å². The monoisotopic (exact) mass is 338 g/mol. The topological polar surface area (TPSA) is 66.8 Å². The Kier molecular flexibility index (Phi) is 5.55. The molecule has 1 amide bonds. The Morgan fingerprint density at radius 1 is 1.23 bits per heavy atom. The van der Waals surface area contributed by atoms with Gasteiger partial charge < -0.3 is 0 Å². The highest BCUT2D eigenvalue weighted by molar-refractivity contribution is 8.16. The highest BCUT2D eigenvalue weighted by Gasteiger charge is 2.21. The second-order valence-corrected chi connectivity index (χ2v) is 7.54. The molecule has 2 rings (SSSR count). The molecule has 22 heavy (non-hydrogen) atoms. The number of amides is 1. The Morgan fingerprint density at radius 3 is 2.36 bits per heavy atom. The Labute approximate surface area is 135 Å². The van der Waals surface area contributed by atoms with Crippen LogP contribution < -0.4 is 0 Å². The molecule has 0 aliphatic carbocycles. The van der Waals surface area contributed by atoms with E-state index in [-0.39, 0.29) is 10.8 Å². The van der Waals surface area contributed by atoms with Crippen LogP contribution in [0.5, 0.6) is 0 Å². The molecule has 7 heteroatoms. The van der Waals surface area contributed by atoms with Gasteiger partial charge in [0, 0.05) is 25.1 Å². The number of hydrogen-bond acceptors (Lipinski definition) is 4. The lowest BCUT2D eigenvalue weighted by atomic mass is 10.2. The molecule has 0 radical (unpaired) electrons. The Bertz CT molecular complexity index is 693. The van der Waals surface area contributed by atoms with Gasteiger partial charge in [-0.1, -0.05) is 31.7 Å². The molecule has 0 fully saturated rings. The smallest absolute Gasteiger partial charge is 0.267 e. The summed E-state index contributed by atoms with van der Waals surface area (Å²) < 4.78 is 26.1. The molecule has 0 aromatic heterocycles. The van der Waals surface area contributed by atoms with Crippen LogP contribution in [0.4, 0.5) is 0 Å². The summed E-state index contributed by atoms with van der Waals surface area (Å²) in [6, 6.07) is 5.94. The first-order chi connectivity index (χ1) is 10.5. The molecule has 0 spiro atoms. The zero-order valence-electron chi connectivity index (χ0n) is 12.5. The number of carbonyl (C=O) groups excluding carboxylic acids is 1. The third-order valence-electron chi connectivity index (χ3n) is 3.26. The van der Waals surface area contributed by atoms with Gasteiger partial charge in [-0.25, -0.2) is 13.4 Å². The van der Waals surface area contributed by atoms with Gasteiger partial charge in [0.1, 0.15) is 0 Å². The van der Waals surface area contributed by atoms with E-state index >= 15 is 0 Å². The summed E-state index contributed by atoms with van der Waals surface area (Å²) in [6.45, 7) is 4.42.